The van der Waals surface area contributed by atoms with E-state index in [2.05, 4.69) is 23.2 Å². The average Bonchev–Trinajstić information content (AvgIpc) is 2.89. The minimum atomic E-state index is -0.502. The number of hydrogen-bond donors (Lipinski definition) is 1. The number of hydrogen-bond acceptors (Lipinski definition) is 5. The van der Waals surface area contributed by atoms with E-state index in [1.807, 2.05) is 4.90 Å². The molecule has 1 N–H and O–H groups in total. The summed E-state index contributed by atoms with van der Waals surface area (Å²) in [7, 11) is 0. The third kappa shape index (κ3) is 8.53. The summed E-state index contributed by atoms with van der Waals surface area (Å²) in [5.41, 5.74) is 0. The van der Waals surface area contributed by atoms with Gasteiger partial charge in [0.1, 0.15) is 6.04 Å². The van der Waals surface area contributed by atoms with Gasteiger partial charge in [0.2, 0.25) is 11.8 Å². The molecule has 0 aromatic carbocycles. The molecule has 3 rings (SSSR count). The molecule has 0 aromatic rings. The second-order valence-corrected chi connectivity index (χ2v) is 10.5. The Kier molecular flexibility index (Phi) is 11.6. The Morgan fingerprint density at radius 1 is 1.06 bits per heavy atom. The van der Waals surface area contributed by atoms with E-state index in [0.717, 1.165) is 32.4 Å². The second-order valence-electron chi connectivity index (χ2n) is 10.5. The van der Waals surface area contributed by atoms with Crippen LogP contribution < -0.4 is 5.32 Å². The van der Waals surface area contributed by atoms with E-state index < -0.39 is 6.04 Å². The van der Waals surface area contributed by atoms with Crippen LogP contribution in [0.25, 0.3) is 0 Å². The molecule has 7 nitrogen and oxygen atoms in total. The lowest BCUT2D eigenvalue weighted by Gasteiger charge is -2.34. The lowest BCUT2D eigenvalue weighted by Crippen LogP contribution is -2.45. The molecule has 192 valence electrons. The van der Waals surface area contributed by atoms with Crippen LogP contribution in [0.15, 0.2) is 0 Å². The SMILES string of the molecule is CCN(CCC(C#N)NC(=O)C(CC(=O)N1CCOCC1)CC1CCCCC1)C1CCCCC1. The lowest BCUT2D eigenvalue weighted by molar-refractivity contribution is -0.140. The second kappa shape index (κ2) is 14.7. The van der Waals surface area contributed by atoms with E-state index >= 15 is 0 Å². The average molecular weight is 475 g/mol. The molecule has 3 aliphatic rings. The Hall–Kier alpha value is -1.65. The van der Waals surface area contributed by atoms with Gasteiger partial charge in [-0.15, -0.1) is 0 Å². The first-order valence-corrected chi connectivity index (χ1v) is 13.9. The van der Waals surface area contributed by atoms with Gasteiger partial charge in [-0.3, -0.25) is 9.59 Å². The molecule has 2 atom stereocenters. The van der Waals surface area contributed by atoms with E-state index in [1.54, 1.807) is 0 Å². The summed E-state index contributed by atoms with van der Waals surface area (Å²) >= 11 is 0. The van der Waals surface area contributed by atoms with Gasteiger partial charge >= 0.3 is 0 Å². The highest BCUT2D eigenvalue weighted by Gasteiger charge is 2.30. The summed E-state index contributed by atoms with van der Waals surface area (Å²) in [6, 6.07) is 2.43. The number of morpholine rings is 1. The van der Waals surface area contributed by atoms with Crippen LogP contribution in [-0.4, -0.2) is 73.1 Å². The van der Waals surface area contributed by atoms with E-state index in [4.69, 9.17) is 4.74 Å². The summed E-state index contributed by atoms with van der Waals surface area (Å²) in [4.78, 5) is 30.6. The fraction of sp³-hybridized carbons (Fsp3) is 0.889. The van der Waals surface area contributed by atoms with Crippen molar-refractivity contribution in [1.29, 1.82) is 5.26 Å². The molecule has 2 aliphatic carbocycles. The summed E-state index contributed by atoms with van der Waals surface area (Å²) < 4.78 is 5.38. The van der Waals surface area contributed by atoms with Crippen LogP contribution >= 0.6 is 0 Å². The standard InChI is InChI=1S/C27H46N4O3/c1-2-30(25-11-7-4-8-12-25)14-13-24(21-28)29-27(33)23(19-22-9-5-3-6-10-22)20-26(32)31-15-17-34-18-16-31/h22-25H,2-20H2,1H3,(H,29,33). The number of carbonyl (C=O) groups is 2. The monoisotopic (exact) mass is 474 g/mol. The summed E-state index contributed by atoms with van der Waals surface area (Å²) in [6.45, 7) is 6.34. The molecule has 34 heavy (non-hydrogen) atoms. The highest BCUT2D eigenvalue weighted by Crippen LogP contribution is 2.31. The minimum absolute atomic E-state index is 0.0437. The number of rotatable bonds is 11. The van der Waals surface area contributed by atoms with Gasteiger partial charge in [-0.1, -0.05) is 58.3 Å². The Bertz CT molecular complexity index is 661. The Balaban J connectivity index is 1.56. The van der Waals surface area contributed by atoms with Crippen molar-refractivity contribution in [2.24, 2.45) is 11.8 Å². The van der Waals surface area contributed by atoms with Crippen LogP contribution in [0, 0.1) is 23.2 Å². The van der Waals surface area contributed by atoms with Crippen molar-refractivity contribution in [2.45, 2.75) is 102 Å². The maximum absolute atomic E-state index is 13.3. The van der Waals surface area contributed by atoms with Gasteiger partial charge in [0.15, 0.2) is 0 Å². The third-order valence-corrected chi connectivity index (χ3v) is 8.17. The number of amides is 2. The summed E-state index contributed by atoms with van der Waals surface area (Å²) in [5.74, 6) is 0.0843. The fourth-order valence-corrected chi connectivity index (χ4v) is 6.06. The first-order valence-electron chi connectivity index (χ1n) is 13.9. The van der Waals surface area contributed by atoms with Crippen molar-refractivity contribution in [3.63, 3.8) is 0 Å². The van der Waals surface area contributed by atoms with Crippen molar-refractivity contribution in [1.82, 2.24) is 15.1 Å². The molecule has 2 unspecified atom stereocenters. The molecule has 0 spiro atoms. The highest BCUT2D eigenvalue weighted by atomic mass is 16.5. The van der Waals surface area contributed by atoms with Gasteiger partial charge in [-0.05, 0) is 38.1 Å². The minimum Gasteiger partial charge on any atom is -0.378 e. The van der Waals surface area contributed by atoms with Crippen molar-refractivity contribution in [3.05, 3.63) is 0 Å². The van der Waals surface area contributed by atoms with E-state index in [1.165, 1.54) is 51.4 Å². The zero-order chi connectivity index (χ0) is 24.2. The van der Waals surface area contributed by atoms with Gasteiger partial charge in [0, 0.05) is 38.0 Å². The largest absolute Gasteiger partial charge is 0.378 e. The first-order chi connectivity index (χ1) is 16.6. The zero-order valence-corrected chi connectivity index (χ0v) is 21.3. The molecular formula is C27H46N4O3. The summed E-state index contributed by atoms with van der Waals surface area (Å²) in [5, 5.41) is 12.8. The number of nitriles is 1. The maximum Gasteiger partial charge on any atom is 0.224 e. The van der Waals surface area contributed by atoms with Crippen LogP contribution in [0.1, 0.15) is 90.4 Å². The van der Waals surface area contributed by atoms with Crippen LogP contribution in [0.5, 0.6) is 0 Å². The molecular weight excluding hydrogens is 428 g/mol. The van der Waals surface area contributed by atoms with Crippen molar-refractivity contribution < 1.29 is 14.3 Å². The van der Waals surface area contributed by atoms with E-state index in [9.17, 15) is 14.9 Å². The molecule has 1 heterocycles. The Labute approximate surface area is 206 Å². The Morgan fingerprint density at radius 2 is 1.71 bits per heavy atom. The highest BCUT2D eigenvalue weighted by molar-refractivity contribution is 5.86. The first kappa shape index (κ1) is 26.9. The molecule has 2 saturated carbocycles. The quantitative estimate of drug-likeness (QED) is 0.491. The third-order valence-electron chi connectivity index (χ3n) is 8.17. The number of nitrogens with one attached hydrogen (secondary N) is 1. The molecule has 3 fully saturated rings. The topological polar surface area (TPSA) is 85.7 Å². The predicted molar refractivity (Wildman–Crippen MR) is 133 cm³/mol. The molecule has 7 heteroatoms. The van der Waals surface area contributed by atoms with Gasteiger partial charge in [-0.2, -0.15) is 5.26 Å². The van der Waals surface area contributed by atoms with Crippen LogP contribution in [0.4, 0.5) is 0 Å². The molecule has 1 aliphatic heterocycles. The van der Waals surface area contributed by atoms with Crippen molar-refractivity contribution in [2.75, 3.05) is 39.4 Å². The van der Waals surface area contributed by atoms with Crippen molar-refractivity contribution in [3.8, 4) is 6.07 Å². The van der Waals surface area contributed by atoms with E-state index in [-0.39, 0.29) is 24.2 Å². The van der Waals surface area contributed by atoms with Crippen LogP contribution in [0.2, 0.25) is 0 Å². The molecule has 0 aromatic heterocycles. The fourth-order valence-electron chi connectivity index (χ4n) is 6.06. The molecule has 0 radical (unpaired) electrons. The smallest absolute Gasteiger partial charge is 0.224 e. The lowest BCUT2D eigenvalue weighted by atomic mass is 9.81. The Morgan fingerprint density at radius 3 is 2.32 bits per heavy atom. The number of ether oxygens (including phenoxy) is 1. The van der Waals surface area contributed by atoms with Crippen molar-refractivity contribution >= 4 is 11.8 Å². The van der Waals surface area contributed by atoms with Gasteiger partial charge in [0.05, 0.1) is 19.3 Å². The van der Waals surface area contributed by atoms with Gasteiger partial charge < -0.3 is 19.9 Å². The zero-order valence-electron chi connectivity index (χ0n) is 21.3. The number of nitrogens with zero attached hydrogens (tertiary/aromatic N) is 3. The molecule has 1 saturated heterocycles. The van der Waals surface area contributed by atoms with Gasteiger partial charge in [0.25, 0.3) is 0 Å². The maximum atomic E-state index is 13.3. The predicted octanol–water partition coefficient (Wildman–Crippen LogP) is 3.87. The van der Waals surface area contributed by atoms with Crippen LogP contribution in [-0.2, 0) is 14.3 Å². The van der Waals surface area contributed by atoms with Crippen LogP contribution in [0.3, 0.4) is 0 Å². The van der Waals surface area contributed by atoms with E-state index in [0.29, 0.717) is 44.7 Å². The molecule has 2 amide bonds. The summed E-state index contributed by atoms with van der Waals surface area (Å²) in [6.07, 6.45) is 14.0. The normalized spacial score (nSPS) is 22.2. The number of carbonyl (C=O) groups excluding carboxylic acids is 2. The van der Waals surface area contributed by atoms with Gasteiger partial charge in [-0.25, -0.2) is 0 Å². The molecule has 0 bridgehead atoms.